The molecular weight excluding hydrogens is 452 g/mol. The highest BCUT2D eigenvalue weighted by Crippen LogP contribution is 2.47. The Morgan fingerprint density at radius 1 is 1.11 bits per heavy atom. The number of carbonyl (C=O) groups excluding carboxylic acids is 2. The van der Waals surface area contributed by atoms with Gasteiger partial charge in [-0.3, -0.25) is 19.2 Å². The number of aryl methyl sites for hydroxylation is 1. The van der Waals surface area contributed by atoms with E-state index in [0.29, 0.717) is 34.9 Å². The quantitative estimate of drug-likeness (QED) is 0.489. The average Bonchev–Trinajstić information content (AvgIpc) is 3.30. The van der Waals surface area contributed by atoms with Crippen LogP contribution < -0.4 is 4.74 Å². The molecule has 35 heavy (non-hydrogen) atoms. The Bertz CT molecular complexity index is 1300. The largest absolute Gasteiger partial charge is 0.493 e. The highest BCUT2D eigenvalue weighted by Gasteiger charge is 2.59. The third kappa shape index (κ3) is 3.92. The second kappa shape index (κ2) is 9.09. The van der Waals surface area contributed by atoms with Crippen molar-refractivity contribution in [1.29, 1.82) is 0 Å². The normalized spacial score (nSPS) is 21.3. The van der Waals surface area contributed by atoms with E-state index in [2.05, 4.69) is 4.98 Å². The molecular formula is C26H24N2O7. The van der Waals surface area contributed by atoms with Crippen molar-refractivity contribution < 1.29 is 33.5 Å². The van der Waals surface area contributed by atoms with Gasteiger partial charge in [-0.1, -0.05) is 24.3 Å². The van der Waals surface area contributed by atoms with E-state index in [4.69, 9.17) is 14.0 Å². The number of nitrogens with zero attached hydrogens (tertiary/aromatic N) is 2. The highest BCUT2D eigenvalue weighted by atomic mass is 16.7. The third-order valence-electron chi connectivity index (χ3n) is 6.36. The highest BCUT2D eigenvalue weighted by molar-refractivity contribution is 6.44. The van der Waals surface area contributed by atoms with E-state index in [1.54, 1.807) is 25.1 Å². The standard InChI is InChI=1S/C26H24N2O7/c1-3-34-28-21-18-13-16(9-10-17(18)20(26(31)32)22(28)24(30)23(21)29)33-12-11-19-14(2)35-25(27-19)15-7-5-4-6-8-15/h4-10,13,20-22H,3,11-12H2,1-2H3,(H,31,32)/t20?,21?,22-/m0/s1. The number of Topliss-reactive ketones (excluding diaryl/α,β-unsaturated/α-hetero) is 2. The molecule has 1 fully saturated rings. The Morgan fingerprint density at radius 3 is 2.60 bits per heavy atom. The Kier molecular flexibility index (Phi) is 5.96. The molecule has 1 N–H and O–H groups in total. The summed E-state index contributed by atoms with van der Waals surface area (Å²) in [5.74, 6) is -2.10. The second-order valence-electron chi connectivity index (χ2n) is 8.45. The molecule has 2 bridgehead atoms. The maximum Gasteiger partial charge on any atom is 0.313 e. The van der Waals surface area contributed by atoms with Gasteiger partial charge in [0.1, 0.15) is 29.5 Å². The summed E-state index contributed by atoms with van der Waals surface area (Å²) in [6, 6.07) is 12.4. The zero-order valence-corrected chi connectivity index (χ0v) is 19.3. The Balaban J connectivity index is 1.36. The van der Waals surface area contributed by atoms with Crippen LogP contribution in [0.4, 0.5) is 0 Å². The van der Waals surface area contributed by atoms with Crippen LogP contribution in [0.15, 0.2) is 52.9 Å². The van der Waals surface area contributed by atoms with Gasteiger partial charge in [0, 0.05) is 12.0 Å². The number of carbonyl (C=O) groups is 3. The van der Waals surface area contributed by atoms with Gasteiger partial charge in [0.2, 0.25) is 17.5 Å². The lowest BCUT2D eigenvalue weighted by Crippen LogP contribution is -2.45. The van der Waals surface area contributed by atoms with Crippen molar-refractivity contribution >= 4 is 17.5 Å². The van der Waals surface area contributed by atoms with Crippen molar-refractivity contribution in [1.82, 2.24) is 10.0 Å². The molecule has 2 unspecified atom stereocenters. The van der Waals surface area contributed by atoms with Crippen molar-refractivity contribution in [3.8, 4) is 17.2 Å². The Morgan fingerprint density at radius 2 is 1.89 bits per heavy atom. The van der Waals surface area contributed by atoms with Crippen LogP contribution in [0.3, 0.4) is 0 Å². The first-order chi connectivity index (χ1) is 16.9. The number of ketones is 2. The molecule has 3 heterocycles. The summed E-state index contributed by atoms with van der Waals surface area (Å²) in [6.45, 7) is 4.06. The number of aliphatic carboxylic acids is 1. The lowest BCUT2D eigenvalue weighted by Gasteiger charge is -2.36. The van der Waals surface area contributed by atoms with Crippen LogP contribution in [0.1, 0.15) is 41.5 Å². The number of hydrogen-bond donors (Lipinski definition) is 1. The topological polar surface area (TPSA) is 119 Å². The van der Waals surface area contributed by atoms with Gasteiger partial charge in [-0.25, -0.2) is 4.98 Å². The van der Waals surface area contributed by atoms with E-state index in [-0.39, 0.29) is 13.2 Å². The average molecular weight is 476 g/mol. The zero-order chi connectivity index (χ0) is 24.7. The van der Waals surface area contributed by atoms with Gasteiger partial charge in [-0.05, 0) is 49.2 Å². The van der Waals surface area contributed by atoms with E-state index >= 15 is 0 Å². The fraction of sp³-hybridized carbons (Fsp3) is 0.308. The maximum atomic E-state index is 12.7. The number of fused-ring (bicyclic) bond motifs is 4. The van der Waals surface area contributed by atoms with E-state index in [0.717, 1.165) is 11.3 Å². The van der Waals surface area contributed by atoms with Crippen LogP contribution in [0.25, 0.3) is 11.5 Å². The smallest absolute Gasteiger partial charge is 0.313 e. The van der Waals surface area contributed by atoms with Gasteiger partial charge in [-0.2, -0.15) is 5.06 Å². The van der Waals surface area contributed by atoms with Gasteiger partial charge >= 0.3 is 5.97 Å². The van der Waals surface area contributed by atoms with Crippen molar-refractivity contribution in [2.24, 2.45) is 0 Å². The van der Waals surface area contributed by atoms with Crippen molar-refractivity contribution in [2.75, 3.05) is 13.2 Å². The maximum absolute atomic E-state index is 12.7. The molecule has 0 saturated carbocycles. The number of hydroxylamine groups is 2. The molecule has 3 aromatic rings. The monoisotopic (exact) mass is 476 g/mol. The predicted molar refractivity (Wildman–Crippen MR) is 123 cm³/mol. The summed E-state index contributed by atoms with van der Waals surface area (Å²) >= 11 is 0. The fourth-order valence-corrected chi connectivity index (χ4v) is 4.78. The van der Waals surface area contributed by atoms with Gasteiger partial charge in [0.15, 0.2) is 0 Å². The molecule has 0 spiro atoms. The zero-order valence-electron chi connectivity index (χ0n) is 19.3. The van der Waals surface area contributed by atoms with Crippen LogP contribution in [0, 0.1) is 6.92 Å². The number of carboxylic acids is 1. The number of ether oxygens (including phenoxy) is 1. The van der Waals surface area contributed by atoms with Gasteiger partial charge < -0.3 is 14.3 Å². The lowest BCUT2D eigenvalue weighted by molar-refractivity contribution is -0.202. The van der Waals surface area contributed by atoms with E-state index in [1.165, 1.54) is 5.06 Å². The molecule has 9 heteroatoms. The van der Waals surface area contributed by atoms with E-state index in [9.17, 15) is 19.5 Å². The first-order valence-electron chi connectivity index (χ1n) is 11.4. The van der Waals surface area contributed by atoms with Crippen LogP contribution >= 0.6 is 0 Å². The molecule has 0 radical (unpaired) electrons. The molecule has 3 atom stereocenters. The summed E-state index contributed by atoms with van der Waals surface area (Å²) < 4.78 is 11.7. The molecule has 2 aliphatic heterocycles. The summed E-state index contributed by atoms with van der Waals surface area (Å²) in [7, 11) is 0. The lowest BCUT2D eigenvalue weighted by atomic mass is 9.84. The second-order valence-corrected chi connectivity index (χ2v) is 8.45. The Hall–Kier alpha value is -3.82. The van der Waals surface area contributed by atoms with Crippen LogP contribution in [-0.4, -0.2) is 51.9 Å². The molecule has 0 aliphatic carbocycles. The summed E-state index contributed by atoms with van der Waals surface area (Å²) in [5, 5.41) is 11.1. The van der Waals surface area contributed by atoms with E-state index in [1.807, 2.05) is 37.3 Å². The summed E-state index contributed by atoms with van der Waals surface area (Å²) in [5.41, 5.74) is 2.50. The van der Waals surface area contributed by atoms with Crippen molar-refractivity contribution in [3.63, 3.8) is 0 Å². The minimum atomic E-state index is -1.20. The van der Waals surface area contributed by atoms with E-state index < -0.39 is 35.5 Å². The first-order valence-corrected chi connectivity index (χ1v) is 11.4. The van der Waals surface area contributed by atoms with Gasteiger partial charge in [-0.15, -0.1) is 0 Å². The number of carboxylic acid groups (broad SMARTS) is 1. The predicted octanol–water partition coefficient (Wildman–Crippen LogP) is 3.27. The van der Waals surface area contributed by atoms with Crippen molar-refractivity contribution in [3.05, 3.63) is 71.1 Å². The molecule has 5 rings (SSSR count). The molecule has 1 saturated heterocycles. The Labute approximate surface area is 201 Å². The van der Waals surface area contributed by atoms with Gasteiger partial charge in [0.05, 0.1) is 18.9 Å². The molecule has 9 nitrogen and oxygen atoms in total. The number of aromatic nitrogens is 1. The number of oxazole rings is 1. The summed E-state index contributed by atoms with van der Waals surface area (Å²) in [4.78, 5) is 47.6. The molecule has 2 aromatic carbocycles. The molecule has 1 aromatic heterocycles. The van der Waals surface area contributed by atoms with Crippen molar-refractivity contribution in [2.45, 2.75) is 38.3 Å². The molecule has 180 valence electrons. The molecule has 2 aliphatic rings. The van der Waals surface area contributed by atoms with Crippen LogP contribution in [0.5, 0.6) is 5.75 Å². The molecule has 0 amide bonds. The summed E-state index contributed by atoms with van der Waals surface area (Å²) in [6.07, 6.45) is 0.491. The minimum absolute atomic E-state index is 0.202. The van der Waals surface area contributed by atoms with Crippen LogP contribution in [0.2, 0.25) is 0 Å². The first kappa shape index (κ1) is 22.9. The minimum Gasteiger partial charge on any atom is -0.493 e. The van der Waals surface area contributed by atoms with Crippen LogP contribution in [-0.2, 0) is 25.6 Å². The number of benzene rings is 2. The fourth-order valence-electron chi connectivity index (χ4n) is 4.78. The SMILES string of the molecule is CCON1C2C(=O)C(=O)[C@@H]1C(C(=O)O)c1ccc(OCCc3nc(-c4ccccc4)oc3C)cc12. The van der Waals surface area contributed by atoms with Gasteiger partial charge in [0.25, 0.3) is 0 Å². The number of hydrogen-bond acceptors (Lipinski definition) is 8. The number of rotatable bonds is 8. The third-order valence-corrected chi connectivity index (χ3v) is 6.36.